The van der Waals surface area contributed by atoms with Gasteiger partial charge in [0.25, 0.3) is 0 Å². The fourth-order valence-corrected chi connectivity index (χ4v) is 1.64. The zero-order valence-electron chi connectivity index (χ0n) is 9.35. The SMILES string of the molecule is CCCOc1ccc(Br)c(CNCC)c1. The van der Waals surface area contributed by atoms with Crippen LogP contribution in [-0.2, 0) is 6.54 Å². The highest BCUT2D eigenvalue weighted by molar-refractivity contribution is 9.10. The lowest BCUT2D eigenvalue weighted by Crippen LogP contribution is -2.12. The summed E-state index contributed by atoms with van der Waals surface area (Å²) in [6.07, 6.45) is 1.04. The van der Waals surface area contributed by atoms with Gasteiger partial charge >= 0.3 is 0 Å². The molecular formula is C12H18BrNO. The van der Waals surface area contributed by atoms with Gasteiger partial charge in [-0.2, -0.15) is 0 Å². The fourth-order valence-electron chi connectivity index (χ4n) is 1.26. The average molecular weight is 272 g/mol. The molecule has 0 aliphatic carbocycles. The molecule has 0 aliphatic heterocycles. The van der Waals surface area contributed by atoms with Crippen LogP contribution in [0.1, 0.15) is 25.8 Å². The van der Waals surface area contributed by atoms with Crippen LogP contribution in [0.4, 0.5) is 0 Å². The molecule has 1 rings (SSSR count). The number of ether oxygens (including phenoxy) is 1. The van der Waals surface area contributed by atoms with E-state index in [0.717, 1.165) is 36.3 Å². The molecule has 15 heavy (non-hydrogen) atoms. The molecule has 2 nitrogen and oxygen atoms in total. The lowest BCUT2D eigenvalue weighted by molar-refractivity contribution is 0.317. The Morgan fingerprint density at radius 2 is 2.13 bits per heavy atom. The van der Waals surface area contributed by atoms with Gasteiger partial charge in [-0.25, -0.2) is 0 Å². The van der Waals surface area contributed by atoms with Crippen LogP contribution in [0.3, 0.4) is 0 Å². The molecule has 0 saturated heterocycles. The van der Waals surface area contributed by atoms with Gasteiger partial charge in [0, 0.05) is 11.0 Å². The van der Waals surface area contributed by atoms with E-state index in [2.05, 4.69) is 41.2 Å². The second-order valence-corrected chi connectivity index (χ2v) is 4.24. The molecule has 0 spiro atoms. The maximum atomic E-state index is 5.58. The van der Waals surface area contributed by atoms with Crippen molar-refractivity contribution < 1.29 is 4.74 Å². The van der Waals surface area contributed by atoms with Crippen molar-refractivity contribution in [2.75, 3.05) is 13.2 Å². The standard InChI is InChI=1S/C12H18BrNO/c1-3-7-15-11-5-6-12(13)10(8-11)9-14-4-2/h5-6,8,14H,3-4,7,9H2,1-2H3. The summed E-state index contributed by atoms with van der Waals surface area (Å²) >= 11 is 3.53. The smallest absolute Gasteiger partial charge is 0.119 e. The Morgan fingerprint density at radius 1 is 1.33 bits per heavy atom. The van der Waals surface area contributed by atoms with Gasteiger partial charge in [-0.1, -0.05) is 29.8 Å². The van der Waals surface area contributed by atoms with Crippen molar-refractivity contribution in [3.8, 4) is 5.75 Å². The molecule has 3 heteroatoms. The Morgan fingerprint density at radius 3 is 2.80 bits per heavy atom. The van der Waals surface area contributed by atoms with Crippen LogP contribution in [-0.4, -0.2) is 13.2 Å². The van der Waals surface area contributed by atoms with Gasteiger partial charge in [0.05, 0.1) is 6.61 Å². The molecule has 0 aliphatic rings. The third-order valence-corrected chi connectivity index (χ3v) is 2.83. The summed E-state index contributed by atoms with van der Waals surface area (Å²) < 4.78 is 6.71. The molecule has 0 heterocycles. The third kappa shape index (κ3) is 4.22. The van der Waals surface area contributed by atoms with Gasteiger partial charge in [0.15, 0.2) is 0 Å². The minimum atomic E-state index is 0.780. The molecule has 0 amide bonds. The maximum Gasteiger partial charge on any atom is 0.119 e. The van der Waals surface area contributed by atoms with Gasteiger partial charge in [-0.3, -0.25) is 0 Å². The van der Waals surface area contributed by atoms with E-state index in [1.54, 1.807) is 0 Å². The van der Waals surface area contributed by atoms with Crippen molar-refractivity contribution in [2.24, 2.45) is 0 Å². The molecule has 0 unspecified atom stereocenters. The topological polar surface area (TPSA) is 21.3 Å². The molecule has 1 aromatic carbocycles. The Hall–Kier alpha value is -0.540. The first-order chi connectivity index (χ1) is 7.27. The van der Waals surface area contributed by atoms with E-state index < -0.39 is 0 Å². The fraction of sp³-hybridized carbons (Fsp3) is 0.500. The average Bonchev–Trinajstić information content (AvgIpc) is 2.26. The normalized spacial score (nSPS) is 10.3. The van der Waals surface area contributed by atoms with Crippen molar-refractivity contribution in [2.45, 2.75) is 26.8 Å². The van der Waals surface area contributed by atoms with E-state index >= 15 is 0 Å². The molecule has 0 bridgehead atoms. The highest BCUT2D eigenvalue weighted by Gasteiger charge is 2.01. The number of hydrogen-bond acceptors (Lipinski definition) is 2. The second kappa shape index (κ2) is 6.85. The van der Waals surface area contributed by atoms with Crippen LogP contribution in [0, 0.1) is 0 Å². The van der Waals surface area contributed by atoms with Crippen molar-refractivity contribution >= 4 is 15.9 Å². The summed E-state index contributed by atoms with van der Waals surface area (Å²) in [4.78, 5) is 0. The van der Waals surface area contributed by atoms with Crippen molar-refractivity contribution in [3.05, 3.63) is 28.2 Å². The molecule has 0 saturated carbocycles. The molecule has 0 atom stereocenters. The third-order valence-electron chi connectivity index (χ3n) is 2.06. The summed E-state index contributed by atoms with van der Waals surface area (Å²) in [7, 11) is 0. The number of rotatable bonds is 6. The Kier molecular flexibility index (Phi) is 5.73. The second-order valence-electron chi connectivity index (χ2n) is 3.38. The van der Waals surface area contributed by atoms with Crippen LogP contribution in [0.15, 0.2) is 22.7 Å². The van der Waals surface area contributed by atoms with Crippen LogP contribution < -0.4 is 10.1 Å². The molecule has 0 radical (unpaired) electrons. The van der Waals surface area contributed by atoms with E-state index in [9.17, 15) is 0 Å². The molecule has 0 fully saturated rings. The minimum absolute atomic E-state index is 0.780. The summed E-state index contributed by atoms with van der Waals surface area (Å²) in [5.41, 5.74) is 1.24. The summed E-state index contributed by atoms with van der Waals surface area (Å²) in [5.74, 6) is 0.952. The van der Waals surface area contributed by atoms with E-state index in [1.807, 2.05) is 12.1 Å². The van der Waals surface area contributed by atoms with Crippen LogP contribution in [0.2, 0.25) is 0 Å². The first-order valence-corrected chi connectivity index (χ1v) is 6.19. The highest BCUT2D eigenvalue weighted by atomic mass is 79.9. The van der Waals surface area contributed by atoms with Crippen molar-refractivity contribution in [3.63, 3.8) is 0 Å². The molecule has 84 valence electrons. The lowest BCUT2D eigenvalue weighted by Gasteiger charge is -2.09. The summed E-state index contributed by atoms with van der Waals surface area (Å²) in [5, 5.41) is 3.30. The monoisotopic (exact) mass is 271 g/mol. The number of benzene rings is 1. The zero-order chi connectivity index (χ0) is 11.1. The molecule has 0 aromatic heterocycles. The van der Waals surface area contributed by atoms with Crippen molar-refractivity contribution in [1.82, 2.24) is 5.32 Å². The number of hydrogen-bond donors (Lipinski definition) is 1. The van der Waals surface area contributed by atoms with Gasteiger partial charge in [0.2, 0.25) is 0 Å². The Labute approximate surface area is 100 Å². The van der Waals surface area contributed by atoms with Crippen LogP contribution in [0.5, 0.6) is 5.75 Å². The van der Waals surface area contributed by atoms with Crippen molar-refractivity contribution in [1.29, 1.82) is 0 Å². The number of nitrogens with one attached hydrogen (secondary N) is 1. The van der Waals surface area contributed by atoms with Crippen LogP contribution >= 0.6 is 15.9 Å². The summed E-state index contributed by atoms with van der Waals surface area (Å²) in [6, 6.07) is 6.12. The van der Waals surface area contributed by atoms with E-state index in [-0.39, 0.29) is 0 Å². The Bertz CT molecular complexity index is 302. The molecule has 1 aromatic rings. The van der Waals surface area contributed by atoms with E-state index in [0.29, 0.717) is 0 Å². The first kappa shape index (κ1) is 12.5. The minimum Gasteiger partial charge on any atom is -0.494 e. The van der Waals surface area contributed by atoms with E-state index in [1.165, 1.54) is 5.56 Å². The first-order valence-electron chi connectivity index (χ1n) is 5.39. The van der Waals surface area contributed by atoms with Gasteiger partial charge < -0.3 is 10.1 Å². The molecular weight excluding hydrogens is 254 g/mol. The van der Waals surface area contributed by atoms with Gasteiger partial charge in [-0.15, -0.1) is 0 Å². The highest BCUT2D eigenvalue weighted by Crippen LogP contribution is 2.22. The van der Waals surface area contributed by atoms with E-state index in [4.69, 9.17) is 4.74 Å². The lowest BCUT2D eigenvalue weighted by atomic mass is 10.2. The predicted molar refractivity (Wildman–Crippen MR) is 67.3 cm³/mol. The summed E-state index contributed by atoms with van der Waals surface area (Å²) in [6.45, 7) is 6.85. The van der Waals surface area contributed by atoms with Crippen LogP contribution in [0.25, 0.3) is 0 Å². The molecule has 1 N–H and O–H groups in total. The largest absolute Gasteiger partial charge is 0.494 e. The number of halogens is 1. The predicted octanol–water partition coefficient (Wildman–Crippen LogP) is 3.35. The van der Waals surface area contributed by atoms with Gasteiger partial charge in [-0.05, 0) is 36.7 Å². The van der Waals surface area contributed by atoms with Gasteiger partial charge in [0.1, 0.15) is 5.75 Å². The quantitative estimate of drug-likeness (QED) is 0.857. The Balaban J connectivity index is 2.66. The maximum absolute atomic E-state index is 5.58. The zero-order valence-corrected chi connectivity index (χ0v) is 10.9.